The Kier molecular flexibility index (Phi) is 5.24. The van der Waals surface area contributed by atoms with Crippen LogP contribution in [0.4, 0.5) is 0 Å². The summed E-state index contributed by atoms with van der Waals surface area (Å²) >= 11 is 0. The van der Waals surface area contributed by atoms with Gasteiger partial charge in [-0.1, -0.05) is 30.3 Å². The van der Waals surface area contributed by atoms with Gasteiger partial charge in [0.25, 0.3) is 0 Å². The molecule has 0 saturated heterocycles. The summed E-state index contributed by atoms with van der Waals surface area (Å²) in [4.78, 5) is 0. The maximum Gasteiger partial charge on any atom is 0.101 e. The normalized spacial score (nSPS) is 13.5. The molecular formula is C12H20NOP. The molecule has 0 spiro atoms. The molecule has 0 aliphatic heterocycles. The minimum Gasteiger partial charge on any atom is -0.339 e. The van der Waals surface area contributed by atoms with Crippen molar-refractivity contribution in [2.24, 2.45) is 0 Å². The number of hydrogen-bond donors (Lipinski definition) is 0. The highest BCUT2D eigenvalue weighted by atomic mass is 31.2. The minimum absolute atomic E-state index is 0.472. The second-order valence-electron chi connectivity index (χ2n) is 3.89. The minimum atomic E-state index is -0.472. The van der Waals surface area contributed by atoms with Crippen LogP contribution < -0.4 is 0 Å². The zero-order valence-corrected chi connectivity index (χ0v) is 10.9. The van der Waals surface area contributed by atoms with Gasteiger partial charge in [0.2, 0.25) is 0 Å². The van der Waals surface area contributed by atoms with Crippen LogP contribution in [-0.2, 0) is 11.1 Å². The summed E-state index contributed by atoms with van der Waals surface area (Å²) in [5.41, 5.74) is 1.24. The number of nitrogens with zero attached hydrogens (tertiary/aromatic N) is 1. The lowest BCUT2D eigenvalue weighted by atomic mass is 10.2. The average molecular weight is 225 g/mol. The van der Waals surface area contributed by atoms with Crippen molar-refractivity contribution < 1.29 is 4.52 Å². The van der Waals surface area contributed by atoms with E-state index in [1.54, 1.807) is 0 Å². The second kappa shape index (κ2) is 6.22. The van der Waals surface area contributed by atoms with Crippen molar-refractivity contribution >= 4 is 8.30 Å². The summed E-state index contributed by atoms with van der Waals surface area (Å²) in [5.74, 6) is 0. The van der Waals surface area contributed by atoms with Crippen LogP contribution in [0.2, 0.25) is 0 Å². The Morgan fingerprint density at radius 3 is 2.40 bits per heavy atom. The van der Waals surface area contributed by atoms with Gasteiger partial charge in [0, 0.05) is 6.04 Å². The van der Waals surface area contributed by atoms with E-state index >= 15 is 0 Å². The van der Waals surface area contributed by atoms with Crippen LogP contribution in [0.25, 0.3) is 0 Å². The Morgan fingerprint density at radius 1 is 1.27 bits per heavy atom. The maximum absolute atomic E-state index is 5.84. The molecule has 0 aromatic heterocycles. The molecule has 1 unspecified atom stereocenters. The van der Waals surface area contributed by atoms with Gasteiger partial charge in [-0.3, -0.25) is 4.67 Å². The van der Waals surface area contributed by atoms with Crippen molar-refractivity contribution in [2.75, 3.05) is 13.7 Å². The molecule has 0 amide bonds. The molecule has 0 N–H and O–H groups in total. The lowest BCUT2D eigenvalue weighted by Gasteiger charge is -2.27. The van der Waals surface area contributed by atoms with Gasteiger partial charge in [0.1, 0.15) is 8.30 Å². The Bertz CT molecular complexity index is 276. The van der Waals surface area contributed by atoms with Crippen molar-refractivity contribution in [2.45, 2.75) is 26.5 Å². The van der Waals surface area contributed by atoms with Crippen molar-refractivity contribution in [3.05, 3.63) is 35.9 Å². The van der Waals surface area contributed by atoms with Crippen LogP contribution >= 0.6 is 8.30 Å². The number of benzene rings is 1. The first-order valence-corrected chi connectivity index (χ1v) is 6.90. The van der Waals surface area contributed by atoms with Gasteiger partial charge in [-0.2, -0.15) is 0 Å². The van der Waals surface area contributed by atoms with Gasteiger partial charge in [-0.05, 0) is 33.1 Å². The monoisotopic (exact) mass is 225 g/mol. The van der Waals surface area contributed by atoms with Crippen molar-refractivity contribution in [1.29, 1.82) is 0 Å². The van der Waals surface area contributed by atoms with Crippen LogP contribution in [-0.4, -0.2) is 24.4 Å². The lowest BCUT2D eigenvalue weighted by molar-refractivity contribution is 0.297. The van der Waals surface area contributed by atoms with Crippen molar-refractivity contribution in [3.8, 4) is 0 Å². The molecule has 1 atom stereocenters. The fraction of sp³-hybridized carbons (Fsp3) is 0.500. The highest BCUT2D eigenvalue weighted by molar-refractivity contribution is 7.49. The van der Waals surface area contributed by atoms with Crippen LogP contribution in [0, 0.1) is 0 Å². The Balaban J connectivity index is 2.37. The van der Waals surface area contributed by atoms with E-state index in [2.05, 4.69) is 44.4 Å². The smallest absolute Gasteiger partial charge is 0.101 e. The Labute approximate surface area is 94.1 Å². The van der Waals surface area contributed by atoms with E-state index in [4.69, 9.17) is 4.52 Å². The molecule has 3 heteroatoms. The highest BCUT2D eigenvalue weighted by Gasteiger charge is 2.12. The van der Waals surface area contributed by atoms with Crippen LogP contribution in [0.15, 0.2) is 30.3 Å². The quantitative estimate of drug-likeness (QED) is 0.711. The molecule has 0 bridgehead atoms. The first kappa shape index (κ1) is 12.6. The van der Waals surface area contributed by atoms with Crippen molar-refractivity contribution in [3.63, 3.8) is 0 Å². The Hall–Kier alpha value is -0.430. The summed E-state index contributed by atoms with van der Waals surface area (Å²) < 4.78 is 8.12. The van der Waals surface area contributed by atoms with Crippen LogP contribution in [0.1, 0.15) is 19.4 Å². The van der Waals surface area contributed by atoms with E-state index in [1.165, 1.54) is 5.56 Å². The molecule has 0 fully saturated rings. The van der Waals surface area contributed by atoms with Crippen molar-refractivity contribution in [1.82, 2.24) is 4.67 Å². The molecule has 0 radical (unpaired) electrons. The third kappa shape index (κ3) is 4.29. The molecule has 1 aromatic carbocycles. The molecule has 1 aromatic rings. The molecule has 0 aliphatic rings. The van der Waals surface area contributed by atoms with Gasteiger partial charge in [-0.15, -0.1) is 0 Å². The fourth-order valence-corrected chi connectivity index (χ4v) is 2.33. The Morgan fingerprint density at radius 2 is 1.87 bits per heavy atom. The van der Waals surface area contributed by atoms with Crippen LogP contribution in [0.5, 0.6) is 0 Å². The van der Waals surface area contributed by atoms with Gasteiger partial charge >= 0.3 is 0 Å². The molecular weight excluding hydrogens is 205 g/mol. The number of rotatable bonds is 5. The predicted octanol–water partition coefficient (Wildman–Crippen LogP) is 3.49. The summed E-state index contributed by atoms with van der Waals surface area (Å²) in [7, 11) is 1.64. The maximum atomic E-state index is 5.84. The summed E-state index contributed by atoms with van der Waals surface area (Å²) in [6.07, 6.45) is 0. The van der Waals surface area contributed by atoms with Gasteiger partial charge in [0.05, 0.1) is 6.61 Å². The first-order chi connectivity index (χ1) is 7.11. The third-order valence-electron chi connectivity index (χ3n) is 2.45. The van der Waals surface area contributed by atoms with E-state index in [0.717, 1.165) is 0 Å². The van der Waals surface area contributed by atoms with E-state index in [1.807, 2.05) is 18.2 Å². The molecule has 2 nitrogen and oxygen atoms in total. The molecule has 0 saturated carbocycles. The van der Waals surface area contributed by atoms with Gasteiger partial charge < -0.3 is 4.52 Å². The van der Waals surface area contributed by atoms with E-state index in [9.17, 15) is 0 Å². The topological polar surface area (TPSA) is 12.5 Å². The molecule has 1 rings (SSSR count). The SMILES string of the molecule is CC(C)N(C)P(C)OCc1ccccc1. The largest absolute Gasteiger partial charge is 0.339 e. The zero-order chi connectivity index (χ0) is 11.3. The number of hydrogen-bond acceptors (Lipinski definition) is 2. The van der Waals surface area contributed by atoms with E-state index in [0.29, 0.717) is 12.6 Å². The summed E-state index contributed by atoms with van der Waals surface area (Å²) in [6.45, 7) is 7.23. The third-order valence-corrected chi connectivity index (χ3v) is 4.31. The fourth-order valence-electron chi connectivity index (χ4n) is 1.16. The molecule has 84 valence electrons. The van der Waals surface area contributed by atoms with E-state index in [-0.39, 0.29) is 0 Å². The molecule has 0 heterocycles. The predicted molar refractivity (Wildman–Crippen MR) is 67.0 cm³/mol. The molecule has 15 heavy (non-hydrogen) atoms. The first-order valence-electron chi connectivity index (χ1n) is 5.24. The summed E-state index contributed by atoms with van der Waals surface area (Å²) in [6, 6.07) is 10.8. The van der Waals surface area contributed by atoms with E-state index < -0.39 is 8.30 Å². The standard InChI is InChI=1S/C12H20NOP/c1-11(2)13(3)15(4)14-10-12-8-6-5-7-9-12/h5-9,11H,10H2,1-4H3. The highest BCUT2D eigenvalue weighted by Crippen LogP contribution is 2.38. The van der Waals surface area contributed by atoms with Gasteiger partial charge in [0.15, 0.2) is 0 Å². The van der Waals surface area contributed by atoms with Crippen LogP contribution in [0.3, 0.4) is 0 Å². The second-order valence-corrected chi connectivity index (χ2v) is 5.71. The average Bonchev–Trinajstić information content (AvgIpc) is 2.26. The summed E-state index contributed by atoms with van der Waals surface area (Å²) in [5, 5.41) is 0. The van der Waals surface area contributed by atoms with Gasteiger partial charge in [-0.25, -0.2) is 0 Å². The molecule has 0 aliphatic carbocycles. The lowest BCUT2D eigenvalue weighted by Crippen LogP contribution is -2.21. The zero-order valence-electron chi connectivity index (χ0n) is 9.97.